The molecule has 1 aromatic carbocycles. The molecule has 0 saturated carbocycles. The predicted molar refractivity (Wildman–Crippen MR) is 140 cm³/mol. The Labute approximate surface area is 193 Å². The van der Waals surface area contributed by atoms with Crippen molar-refractivity contribution in [2.45, 2.75) is 47.6 Å². The second-order valence-corrected chi connectivity index (χ2v) is 9.48. The Morgan fingerprint density at radius 3 is 2.68 bits per heavy atom. The number of hydrogen-bond acceptors (Lipinski definition) is 6. The zero-order valence-corrected chi connectivity index (χ0v) is 19.8. The van der Waals surface area contributed by atoms with Crippen LogP contribution in [0.15, 0.2) is 48.1 Å². The summed E-state index contributed by atoms with van der Waals surface area (Å²) in [5.74, 6) is 0. The lowest BCUT2D eigenvalue weighted by atomic mass is 9.94. The van der Waals surface area contributed by atoms with Gasteiger partial charge in [-0.1, -0.05) is 34.3 Å². The highest BCUT2D eigenvalue weighted by Crippen LogP contribution is 2.42. The average Bonchev–Trinajstić information content (AvgIpc) is 3.45. The van der Waals surface area contributed by atoms with E-state index in [2.05, 4.69) is 77.4 Å². The van der Waals surface area contributed by atoms with Crippen molar-refractivity contribution in [2.75, 3.05) is 18.4 Å². The van der Waals surface area contributed by atoms with Gasteiger partial charge >= 0.3 is 0 Å². The van der Waals surface area contributed by atoms with Gasteiger partial charge in [0.05, 0.1) is 21.4 Å². The minimum Gasteiger partial charge on any atom is -0.355 e. The van der Waals surface area contributed by atoms with Gasteiger partial charge in [-0.25, -0.2) is 9.97 Å². The van der Waals surface area contributed by atoms with E-state index in [0.717, 1.165) is 34.8 Å². The standard InChI is InChI=1S/C22H22N4S2.C2H6.CH4/c1-4-26-10-8-16(22(26,2)3)20-12-15-17(7-9-23-21(15)28-20)25-14-5-6-19-18(11-14)24-13-27-19;1-2;/h5-9,11-13H,4,10H2,1-3H3,(H,23,25);1-2H3;1H4. The molecule has 0 aliphatic carbocycles. The first-order chi connectivity index (χ1) is 14.6. The molecule has 0 fully saturated rings. The molecule has 0 radical (unpaired) electrons. The number of nitrogens with one attached hydrogen (secondary N) is 1. The molecule has 0 saturated heterocycles. The third-order valence-corrected chi connectivity index (χ3v) is 7.54. The number of anilines is 2. The van der Waals surface area contributed by atoms with Crippen LogP contribution < -0.4 is 5.32 Å². The quantitative estimate of drug-likeness (QED) is 0.343. The summed E-state index contributed by atoms with van der Waals surface area (Å²) in [7, 11) is 0. The number of hydrogen-bond donors (Lipinski definition) is 1. The molecule has 0 bridgehead atoms. The number of aromatic nitrogens is 2. The SMILES string of the molecule is C.CC.CCN1CC=C(c2cc3c(Nc4ccc5scnc5c4)ccnc3s2)C1(C)C. The van der Waals surface area contributed by atoms with E-state index in [9.17, 15) is 0 Å². The lowest BCUT2D eigenvalue weighted by Crippen LogP contribution is -2.40. The highest BCUT2D eigenvalue weighted by atomic mass is 32.1. The third-order valence-electron chi connectivity index (χ3n) is 5.66. The van der Waals surface area contributed by atoms with Crippen molar-refractivity contribution >= 4 is 60.1 Å². The van der Waals surface area contributed by atoms with Gasteiger partial charge in [0.1, 0.15) is 4.83 Å². The van der Waals surface area contributed by atoms with E-state index < -0.39 is 0 Å². The molecule has 0 spiro atoms. The van der Waals surface area contributed by atoms with E-state index >= 15 is 0 Å². The van der Waals surface area contributed by atoms with Gasteiger partial charge in [-0.3, -0.25) is 4.90 Å². The van der Waals surface area contributed by atoms with Crippen molar-refractivity contribution in [3.63, 3.8) is 0 Å². The van der Waals surface area contributed by atoms with E-state index in [-0.39, 0.29) is 13.0 Å². The maximum Gasteiger partial charge on any atom is 0.125 e. The minimum atomic E-state index is 0. The van der Waals surface area contributed by atoms with Crippen molar-refractivity contribution in [3.05, 3.63) is 53.0 Å². The number of thiazole rings is 1. The number of nitrogens with zero attached hydrogens (tertiary/aromatic N) is 3. The van der Waals surface area contributed by atoms with Crippen LogP contribution in [0.2, 0.25) is 0 Å². The van der Waals surface area contributed by atoms with Crippen LogP contribution in [0.1, 0.15) is 46.9 Å². The average molecular weight is 453 g/mol. The first-order valence-corrected chi connectivity index (χ1v) is 12.2. The number of rotatable bonds is 4. The van der Waals surface area contributed by atoms with Crippen molar-refractivity contribution in [3.8, 4) is 0 Å². The van der Waals surface area contributed by atoms with Crippen LogP contribution in [0.25, 0.3) is 26.0 Å². The van der Waals surface area contributed by atoms with Gasteiger partial charge in [0.15, 0.2) is 0 Å². The number of benzene rings is 1. The summed E-state index contributed by atoms with van der Waals surface area (Å²) in [4.78, 5) is 13.9. The van der Waals surface area contributed by atoms with Gasteiger partial charge in [0.25, 0.3) is 0 Å². The zero-order valence-electron chi connectivity index (χ0n) is 18.2. The van der Waals surface area contributed by atoms with Crippen LogP contribution in [0.3, 0.4) is 0 Å². The Morgan fingerprint density at radius 2 is 1.94 bits per heavy atom. The molecule has 4 nitrogen and oxygen atoms in total. The first-order valence-electron chi connectivity index (χ1n) is 10.5. The molecule has 6 heteroatoms. The molecule has 1 aliphatic rings. The maximum absolute atomic E-state index is 4.63. The zero-order chi connectivity index (χ0) is 21.3. The lowest BCUT2D eigenvalue weighted by molar-refractivity contribution is 0.218. The highest BCUT2D eigenvalue weighted by molar-refractivity contribution is 7.19. The fourth-order valence-electron chi connectivity index (χ4n) is 4.05. The Hall–Kier alpha value is -2.28. The number of thiophene rings is 1. The maximum atomic E-state index is 4.63. The monoisotopic (exact) mass is 452 g/mol. The van der Waals surface area contributed by atoms with Crippen LogP contribution in [0.5, 0.6) is 0 Å². The molecule has 31 heavy (non-hydrogen) atoms. The number of pyridine rings is 1. The Morgan fingerprint density at radius 1 is 1.13 bits per heavy atom. The smallest absolute Gasteiger partial charge is 0.125 e. The summed E-state index contributed by atoms with van der Waals surface area (Å²) in [6, 6.07) is 10.7. The summed E-state index contributed by atoms with van der Waals surface area (Å²) in [6.45, 7) is 12.9. The lowest BCUT2D eigenvalue weighted by Gasteiger charge is -2.33. The van der Waals surface area contributed by atoms with E-state index in [0.29, 0.717) is 0 Å². The van der Waals surface area contributed by atoms with Gasteiger partial charge in [0.2, 0.25) is 0 Å². The van der Waals surface area contributed by atoms with E-state index in [4.69, 9.17) is 0 Å². The van der Waals surface area contributed by atoms with Gasteiger partial charge in [-0.15, -0.1) is 22.7 Å². The summed E-state index contributed by atoms with van der Waals surface area (Å²) >= 11 is 3.45. The fourth-order valence-corrected chi connectivity index (χ4v) is 5.93. The van der Waals surface area contributed by atoms with Crippen molar-refractivity contribution in [2.24, 2.45) is 0 Å². The van der Waals surface area contributed by atoms with Gasteiger partial charge < -0.3 is 5.32 Å². The molecule has 4 heterocycles. The second-order valence-electron chi connectivity index (χ2n) is 7.56. The molecule has 5 rings (SSSR count). The summed E-state index contributed by atoms with van der Waals surface area (Å²) < 4.78 is 1.21. The topological polar surface area (TPSA) is 41.0 Å². The molecular weight excluding hydrogens is 420 g/mol. The molecule has 1 aliphatic heterocycles. The summed E-state index contributed by atoms with van der Waals surface area (Å²) in [5.41, 5.74) is 6.53. The van der Waals surface area contributed by atoms with E-state index in [1.165, 1.54) is 20.5 Å². The molecule has 164 valence electrons. The molecule has 0 atom stereocenters. The fraction of sp³-hybridized carbons (Fsp3) is 0.360. The Balaban J connectivity index is 0.000000883. The number of fused-ring (bicyclic) bond motifs is 2. The van der Waals surface area contributed by atoms with Crippen LogP contribution in [0, 0.1) is 0 Å². The largest absolute Gasteiger partial charge is 0.355 e. The van der Waals surface area contributed by atoms with Gasteiger partial charge in [0, 0.05) is 34.2 Å². The van der Waals surface area contributed by atoms with E-state index in [1.807, 2.05) is 25.6 Å². The van der Waals surface area contributed by atoms with Gasteiger partial charge in [-0.05, 0) is 56.3 Å². The third kappa shape index (κ3) is 4.25. The first kappa shape index (κ1) is 23.4. The molecule has 1 N–H and O–H groups in total. The Kier molecular flexibility index (Phi) is 7.14. The predicted octanol–water partition coefficient (Wildman–Crippen LogP) is 7.81. The van der Waals surface area contributed by atoms with E-state index in [1.54, 1.807) is 22.7 Å². The van der Waals surface area contributed by atoms with Crippen molar-refractivity contribution in [1.82, 2.24) is 14.9 Å². The van der Waals surface area contributed by atoms with Crippen LogP contribution >= 0.6 is 22.7 Å². The molecule has 4 aromatic rings. The molecule has 3 aromatic heterocycles. The molecule has 0 unspecified atom stereocenters. The highest BCUT2D eigenvalue weighted by Gasteiger charge is 2.35. The molecule has 0 amide bonds. The minimum absolute atomic E-state index is 0. The van der Waals surface area contributed by atoms with Crippen LogP contribution in [-0.4, -0.2) is 33.5 Å². The molecular formula is C25H32N4S2. The van der Waals surface area contributed by atoms with Crippen LogP contribution in [-0.2, 0) is 0 Å². The Bertz CT molecular complexity index is 1200. The van der Waals surface area contributed by atoms with Gasteiger partial charge in [-0.2, -0.15) is 0 Å². The number of likely N-dealkylation sites (N-methyl/N-ethyl adjacent to an activating group) is 1. The normalized spacial score (nSPS) is 15.3. The van der Waals surface area contributed by atoms with Crippen LogP contribution in [0.4, 0.5) is 11.4 Å². The van der Waals surface area contributed by atoms with Crippen molar-refractivity contribution < 1.29 is 0 Å². The summed E-state index contributed by atoms with van der Waals surface area (Å²) in [6.07, 6.45) is 4.26. The van der Waals surface area contributed by atoms with Crippen molar-refractivity contribution in [1.29, 1.82) is 0 Å². The second kappa shape index (κ2) is 9.47. The summed E-state index contributed by atoms with van der Waals surface area (Å²) in [5, 5.41) is 4.75.